The zero-order valence-corrected chi connectivity index (χ0v) is 39.7. The van der Waals surface area contributed by atoms with E-state index in [2.05, 4.69) is 61.0 Å². The third kappa shape index (κ3) is 11.4. The molecule has 1 aliphatic carbocycles. The van der Waals surface area contributed by atoms with Gasteiger partial charge in [-0.25, -0.2) is 0 Å². The van der Waals surface area contributed by atoms with Gasteiger partial charge in [-0.3, -0.25) is 14.4 Å². The third-order valence-corrected chi connectivity index (χ3v) is 13.3. The summed E-state index contributed by atoms with van der Waals surface area (Å²) in [6.07, 6.45) is 11.5. The molecule has 3 atom stereocenters. The molecule has 0 bridgehead atoms. The van der Waals surface area contributed by atoms with Crippen molar-refractivity contribution >= 4 is 62.2 Å². The van der Waals surface area contributed by atoms with Crippen molar-refractivity contribution in [1.82, 2.24) is 0 Å². The lowest BCUT2D eigenvalue weighted by Crippen LogP contribution is -2.64. The van der Waals surface area contributed by atoms with Crippen molar-refractivity contribution < 1.29 is 43.5 Å². The summed E-state index contributed by atoms with van der Waals surface area (Å²) < 4.78 is 23.4. The van der Waals surface area contributed by atoms with E-state index >= 15 is 0 Å². The molecule has 4 aromatic rings. The number of hydrogen-bond donors (Lipinski definition) is 4. The fourth-order valence-electron chi connectivity index (χ4n) is 9.54. The summed E-state index contributed by atoms with van der Waals surface area (Å²) in [6.45, 7) is 8.26. The monoisotopic (exact) mass is 916 g/mol. The van der Waals surface area contributed by atoms with Crippen LogP contribution in [0.4, 0.5) is 22.7 Å². The van der Waals surface area contributed by atoms with Gasteiger partial charge in [0, 0.05) is 47.1 Å². The van der Waals surface area contributed by atoms with Gasteiger partial charge in [-0.1, -0.05) is 128 Å². The zero-order valence-electron chi connectivity index (χ0n) is 39.7. The van der Waals surface area contributed by atoms with Crippen molar-refractivity contribution in [3.8, 4) is 12.0 Å². The number of nitrogens with one attached hydrogen (secondary N) is 4. The Hall–Kier alpha value is -5.71. The van der Waals surface area contributed by atoms with Gasteiger partial charge in [-0.15, -0.1) is 12.2 Å². The Labute approximate surface area is 395 Å². The van der Waals surface area contributed by atoms with E-state index in [0.29, 0.717) is 59.7 Å². The van der Waals surface area contributed by atoms with E-state index < -0.39 is 35.4 Å². The van der Waals surface area contributed by atoms with Crippen molar-refractivity contribution in [2.24, 2.45) is 0 Å². The van der Waals surface area contributed by atoms with E-state index in [1.807, 2.05) is 60.7 Å². The Bertz CT molecular complexity index is 2390. The number of anilines is 4. The first-order valence-corrected chi connectivity index (χ1v) is 24.7. The second-order valence-electron chi connectivity index (χ2n) is 18.5. The standard InChI is InChI=1S/C54H68N4O9/c1-5-9-13-23-42(59)65-33-53(30-32-64-31-16-12-8-4)55-40-21-17-19-36-26-28-38(49(57-53)45(36)40)47-51(62)48(52(47)63)39-29-27-37-20-18-22-41-46(37)50(39)58-54(56-41,34-66-43(60)24-14-10-6-2)35-67-44(61)25-15-11-7-3/h17-22,26-29,47-48,51-52,55-58H,5-16,23-25,31,33-35H2,1-4H3/q-2. The highest BCUT2D eigenvalue weighted by molar-refractivity contribution is 6.08. The SMILES string of the molecule is CCCCCOC#CC1(COC(=O)CCCCC)Nc2cccc3ccc(C4C([O-])C(c5ccc6cccc7c6c5NC(COC(=O)CCCCC)(COC(=O)CCCCC)N7)C4[O-])c(c23)N1. The molecule has 2 heterocycles. The number of rotatable bonds is 24. The molecule has 360 valence electrons. The maximum absolute atomic E-state index is 15.0. The highest BCUT2D eigenvalue weighted by atomic mass is 16.6. The fourth-order valence-corrected chi connectivity index (χ4v) is 9.54. The lowest BCUT2D eigenvalue weighted by Gasteiger charge is -2.62. The lowest BCUT2D eigenvalue weighted by molar-refractivity contribution is -0.535. The molecule has 4 N–H and O–H groups in total. The molecule has 0 aromatic heterocycles. The highest BCUT2D eigenvalue weighted by Crippen LogP contribution is 2.54. The van der Waals surface area contributed by atoms with Crippen LogP contribution in [0.1, 0.15) is 147 Å². The molecule has 1 saturated carbocycles. The number of hydrogen-bond acceptors (Lipinski definition) is 13. The summed E-state index contributed by atoms with van der Waals surface area (Å²) >= 11 is 0. The summed E-state index contributed by atoms with van der Waals surface area (Å²) in [6, 6.07) is 19.1. The van der Waals surface area contributed by atoms with Crippen LogP contribution in [0.3, 0.4) is 0 Å². The van der Waals surface area contributed by atoms with Gasteiger partial charge in [0.25, 0.3) is 0 Å². The van der Waals surface area contributed by atoms with E-state index in [1.165, 1.54) is 0 Å². The van der Waals surface area contributed by atoms with E-state index in [0.717, 1.165) is 79.3 Å². The van der Waals surface area contributed by atoms with Crippen LogP contribution in [0.2, 0.25) is 0 Å². The van der Waals surface area contributed by atoms with Gasteiger partial charge in [0.05, 0.1) is 5.69 Å². The van der Waals surface area contributed by atoms with Crippen LogP contribution in [0, 0.1) is 12.0 Å². The molecule has 7 rings (SSSR count). The van der Waals surface area contributed by atoms with E-state index in [4.69, 9.17) is 18.9 Å². The van der Waals surface area contributed by atoms with Crippen LogP contribution in [0.25, 0.3) is 21.5 Å². The van der Waals surface area contributed by atoms with Gasteiger partial charge < -0.3 is 50.4 Å². The minimum Gasteiger partial charge on any atom is -0.851 e. The first-order valence-electron chi connectivity index (χ1n) is 24.7. The Morgan fingerprint density at radius 3 is 1.52 bits per heavy atom. The molecule has 0 saturated heterocycles. The minimum atomic E-state index is -1.36. The summed E-state index contributed by atoms with van der Waals surface area (Å²) in [4.78, 5) is 39.1. The molecule has 67 heavy (non-hydrogen) atoms. The average Bonchev–Trinajstić information content (AvgIpc) is 3.33. The number of carbonyl (C=O) groups excluding carboxylic acids is 3. The van der Waals surface area contributed by atoms with Crippen LogP contribution in [0.15, 0.2) is 60.7 Å². The Kier molecular flexibility index (Phi) is 16.8. The topological polar surface area (TPSA) is 182 Å². The van der Waals surface area contributed by atoms with Gasteiger partial charge in [-0.2, -0.15) is 0 Å². The maximum atomic E-state index is 15.0. The van der Waals surface area contributed by atoms with E-state index in [1.54, 1.807) is 0 Å². The van der Waals surface area contributed by atoms with Gasteiger partial charge in [-0.05, 0) is 77.5 Å². The first-order chi connectivity index (χ1) is 32.6. The highest BCUT2D eigenvalue weighted by Gasteiger charge is 2.46. The summed E-state index contributed by atoms with van der Waals surface area (Å²) in [5.74, 6) is 0.201. The molecule has 0 radical (unpaired) electrons. The van der Waals surface area contributed by atoms with Crippen LogP contribution < -0.4 is 31.5 Å². The number of ether oxygens (including phenoxy) is 4. The van der Waals surface area contributed by atoms with Crippen LogP contribution in [-0.2, 0) is 33.3 Å². The smallest absolute Gasteiger partial charge is 0.305 e. The van der Waals surface area contributed by atoms with E-state index in [9.17, 15) is 24.6 Å². The molecular weight excluding hydrogens is 849 g/mol. The van der Waals surface area contributed by atoms with Crippen molar-refractivity contribution in [1.29, 1.82) is 0 Å². The van der Waals surface area contributed by atoms with Gasteiger partial charge in [0.1, 0.15) is 32.5 Å². The molecule has 0 spiro atoms. The molecule has 1 fully saturated rings. The van der Waals surface area contributed by atoms with Crippen molar-refractivity contribution in [3.63, 3.8) is 0 Å². The van der Waals surface area contributed by atoms with Crippen LogP contribution in [0.5, 0.6) is 0 Å². The Morgan fingerprint density at radius 1 is 0.552 bits per heavy atom. The molecule has 13 nitrogen and oxygen atoms in total. The van der Waals surface area contributed by atoms with E-state index in [-0.39, 0.29) is 57.0 Å². The van der Waals surface area contributed by atoms with Crippen molar-refractivity contribution in [2.45, 2.75) is 159 Å². The normalized spacial score (nSPS) is 20.7. The minimum absolute atomic E-state index is 0.158. The first kappa shape index (κ1) is 49.2. The molecule has 3 aliphatic rings. The van der Waals surface area contributed by atoms with Crippen molar-refractivity contribution in [2.75, 3.05) is 47.7 Å². The molecule has 4 aromatic carbocycles. The molecule has 2 aliphatic heterocycles. The predicted molar refractivity (Wildman–Crippen MR) is 259 cm³/mol. The number of esters is 3. The quantitative estimate of drug-likeness (QED) is 0.0227. The van der Waals surface area contributed by atoms with Crippen LogP contribution >= 0.6 is 0 Å². The maximum Gasteiger partial charge on any atom is 0.305 e. The number of carbonyl (C=O) groups is 3. The van der Waals surface area contributed by atoms with Crippen molar-refractivity contribution in [3.05, 3.63) is 71.8 Å². The zero-order chi connectivity index (χ0) is 47.4. The summed E-state index contributed by atoms with van der Waals surface area (Å²) in [5.41, 5.74) is 1.05. The summed E-state index contributed by atoms with van der Waals surface area (Å²) in [5, 5.41) is 47.4. The molecule has 0 amide bonds. The van der Waals surface area contributed by atoms with Gasteiger partial charge in [0.2, 0.25) is 5.66 Å². The summed E-state index contributed by atoms with van der Waals surface area (Å²) in [7, 11) is 0. The predicted octanol–water partition coefficient (Wildman–Crippen LogP) is 8.94. The molecule has 13 heteroatoms. The van der Waals surface area contributed by atoms with Gasteiger partial charge in [0.15, 0.2) is 5.66 Å². The van der Waals surface area contributed by atoms with Crippen LogP contribution in [-0.4, -0.2) is 67.9 Å². The Morgan fingerprint density at radius 2 is 1.01 bits per heavy atom. The number of unbranched alkanes of at least 4 members (excludes halogenated alkanes) is 8. The second kappa shape index (κ2) is 22.9. The Balaban J connectivity index is 1.21. The van der Waals surface area contributed by atoms with Gasteiger partial charge >= 0.3 is 17.9 Å². The molecular formula is C54H68N4O9-2. The average molecular weight is 917 g/mol. The number of benzene rings is 4. The largest absolute Gasteiger partial charge is 0.851 e. The second-order valence-corrected chi connectivity index (χ2v) is 18.5. The fraction of sp³-hybridized carbons (Fsp3) is 0.537. The lowest BCUT2D eigenvalue weighted by atomic mass is 9.62. The third-order valence-electron chi connectivity index (χ3n) is 13.3. The molecule has 3 unspecified atom stereocenters.